The zero-order valence-electron chi connectivity index (χ0n) is 9.46. The second kappa shape index (κ2) is 7.30. The Morgan fingerprint density at radius 3 is 2.53 bits per heavy atom. The van der Waals surface area contributed by atoms with Gasteiger partial charge in [-0.25, -0.2) is 0 Å². The topological polar surface area (TPSA) is 43.4 Å². The lowest BCUT2D eigenvalue weighted by molar-refractivity contribution is -0.118. The summed E-state index contributed by atoms with van der Waals surface area (Å²) in [5.41, 5.74) is 0.559. The number of benzene rings is 1. The normalized spacial score (nSPS) is 10.4. The summed E-state index contributed by atoms with van der Waals surface area (Å²) in [6.07, 6.45) is 4.06. The second-order valence-corrected chi connectivity index (χ2v) is 3.33. The Balaban J connectivity index is 2.45. The predicted octanol–water partition coefficient (Wildman–Crippen LogP) is 2.20. The van der Waals surface area contributed by atoms with Gasteiger partial charge in [-0.15, -0.1) is 6.58 Å². The van der Waals surface area contributed by atoms with E-state index in [0.29, 0.717) is 12.2 Å². The van der Waals surface area contributed by atoms with Gasteiger partial charge in [0.15, 0.2) is 11.6 Å². The van der Waals surface area contributed by atoms with Crippen LogP contribution in [0, 0.1) is 0 Å². The molecule has 0 aromatic heterocycles. The van der Waals surface area contributed by atoms with Crippen LogP contribution in [0.3, 0.4) is 0 Å². The molecule has 17 heavy (non-hydrogen) atoms. The first-order valence-electron chi connectivity index (χ1n) is 5.23. The average Bonchev–Trinajstić information content (AvgIpc) is 2.37. The molecule has 0 heterocycles. The van der Waals surface area contributed by atoms with Crippen LogP contribution in [0.25, 0.3) is 0 Å². The molecule has 0 aliphatic carbocycles. The highest BCUT2D eigenvalue weighted by atomic mass is 16.5. The highest BCUT2D eigenvalue weighted by Gasteiger charge is 2.01. The molecule has 3 nitrogen and oxygen atoms in total. The molecular formula is C14H14O3. The number of ether oxygens (including phenoxy) is 1. The molecule has 0 radical (unpaired) electrons. The molecule has 0 aliphatic heterocycles. The standard InChI is InChI=1S/C14H14O3/c1-2-10-17-11-13(15)8-9-14(16)12-6-4-3-5-7-12/h2-9H,1,10-11H2/b9-8-. The summed E-state index contributed by atoms with van der Waals surface area (Å²) in [5.74, 6) is -0.432. The predicted molar refractivity (Wildman–Crippen MR) is 65.9 cm³/mol. The van der Waals surface area contributed by atoms with E-state index < -0.39 is 0 Å². The molecule has 0 fully saturated rings. The van der Waals surface area contributed by atoms with E-state index in [4.69, 9.17) is 4.74 Å². The quantitative estimate of drug-likeness (QED) is 0.312. The summed E-state index contributed by atoms with van der Waals surface area (Å²) >= 11 is 0. The van der Waals surface area contributed by atoms with Gasteiger partial charge in [0.2, 0.25) is 0 Å². The molecule has 0 N–H and O–H groups in total. The molecule has 0 spiro atoms. The van der Waals surface area contributed by atoms with Gasteiger partial charge in [-0.1, -0.05) is 36.4 Å². The molecule has 1 aromatic carbocycles. The zero-order chi connectivity index (χ0) is 12.5. The Kier molecular flexibility index (Phi) is 5.61. The molecule has 88 valence electrons. The first kappa shape index (κ1) is 13.1. The largest absolute Gasteiger partial charge is 0.369 e. The first-order valence-corrected chi connectivity index (χ1v) is 5.23. The van der Waals surface area contributed by atoms with Crippen LogP contribution < -0.4 is 0 Å². The maximum Gasteiger partial charge on any atom is 0.185 e. The Hall–Kier alpha value is -2.00. The van der Waals surface area contributed by atoms with Gasteiger partial charge in [-0.2, -0.15) is 0 Å². The Labute approximate surface area is 100 Å². The van der Waals surface area contributed by atoms with Crippen LogP contribution in [-0.4, -0.2) is 24.8 Å². The molecule has 1 aromatic rings. The van der Waals surface area contributed by atoms with Crippen molar-refractivity contribution in [3.05, 3.63) is 60.7 Å². The van der Waals surface area contributed by atoms with Gasteiger partial charge in [0, 0.05) is 5.56 Å². The van der Waals surface area contributed by atoms with Gasteiger partial charge in [0.05, 0.1) is 6.61 Å². The van der Waals surface area contributed by atoms with E-state index >= 15 is 0 Å². The Morgan fingerprint density at radius 1 is 1.18 bits per heavy atom. The van der Waals surface area contributed by atoms with Crippen molar-refractivity contribution in [3.8, 4) is 0 Å². The Bertz CT molecular complexity index is 418. The van der Waals surface area contributed by atoms with Crippen molar-refractivity contribution in [2.24, 2.45) is 0 Å². The minimum absolute atomic E-state index is 0.0371. The fourth-order valence-electron chi connectivity index (χ4n) is 1.16. The van der Waals surface area contributed by atoms with Gasteiger partial charge in [-0.3, -0.25) is 9.59 Å². The van der Waals surface area contributed by atoms with Gasteiger partial charge < -0.3 is 4.74 Å². The lowest BCUT2D eigenvalue weighted by Crippen LogP contribution is -2.06. The highest BCUT2D eigenvalue weighted by Crippen LogP contribution is 2.00. The van der Waals surface area contributed by atoms with Crippen LogP contribution >= 0.6 is 0 Å². The summed E-state index contributed by atoms with van der Waals surface area (Å²) in [6.45, 7) is 3.75. The van der Waals surface area contributed by atoms with E-state index in [-0.39, 0.29) is 18.2 Å². The average molecular weight is 230 g/mol. The summed E-state index contributed by atoms with van der Waals surface area (Å²) in [5, 5.41) is 0. The summed E-state index contributed by atoms with van der Waals surface area (Å²) in [7, 11) is 0. The SMILES string of the molecule is C=CCOCC(=O)/C=C\C(=O)c1ccccc1. The fourth-order valence-corrected chi connectivity index (χ4v) is 1.16. The molecule has 0 unspecified atom stereocenters. The van der Waals surface area contributed by atoms with E-state index in [0.717, 1.165) is 0 Å². The van der Waals surface area contributed by atoms with Crippen LogP contribution in [-0.2, 0) is 9.53 Å². The van der Waals surface area contributed by atoms with Crippen molar-refractivity contribution in [1.29, 1.82) is 0 Å². The molecule has 3 heteroatoms. The van der Waals surface area contributed by atoms with Gasteiger partial charge in [0.1, 0.15) is 6.61 Å². The van der Waals surface area contributed by atoms with E-state index in [1.54, 1.807) is 30.3 Å². The molecule has 0 atom stereocenters. The van der Waals surface area contributed by atoms with E-state index in [2.05, 4.69) is 6.58 Å². The van der Waals surface area contributed by atoms with Crippen LogP contribution in [0.1, 0.15) is 10.4 Å². The van der Waals surface area contributed by atoms with E-state index in [1.807, 2.05) is 6.07 Å². The molecular weight excluding hydrogens is 216 g/mol. The van der Waals surface area contributed by atoms with Gasteiger partial charge in [0.25, 0.3) is 0 Å². The number of carbonyl (C=O) groups excluding carboxylic acids is 2. The van der Waals surface area contributed by atoms with E-state index in [1.165, 1.54) is 12.2 Å². The lowest BCUT2D eigenvalue weighted by atomic mass is 10.1. The third-order valence-electron chi connectivity index (χ3n) is 1.96. The minimum Gasteiger partial charge on any atom is -0.369 e. The van der Waals surface area contributed by atoms with E-state index in [9.17, 15) is 9.59 Å². The molecule has 0 saturated carbocycles. The smallest absolute Gasteiger partial charge is 0.185 e. The number of ketones is 2. The number of rotatable bonds is 7. The minimum atomic E-state index is -0.240. The van der Waals surface area contributed by atoms with Crippen LogP contribution in [0.5, 0.6) is 0 Å². The summed E-state index contributed by atoms with van der Waals surface area (Å²) in [4.78, 5) is 22.8. The molecule has 1 rings (SSSR count). The number of hydrogen-bond acceptors (Lipinski definition) is 3. The number of allylic oxidation sites excluding steroid dienone is 1. The molecule has 0 aliphatic rings. The maximum atomic E-state index is 11.6. The van der Waals surface area contributed by atoms with Crippen LogP contribution in [0.15, 0.2) is 55.1 Å². The van der Waals surface area contributed by atoms with Gasteiger partial charge in [-0.05, 0) is 12.2 Å². The summed E-state index contributed by atoms with van der Waals surface area (Å²) in [6, 6.07) is 8.78. The van der Waals surface area contributed by atoms with Crippen molar-refractivity contribution in [3.63, 3.8) is 0 Å². The third-order valence-corrected chi connectivity index (χ3v) is 1.96. The van der Waals surface area contributed by atoms with Crippen molar-refractivity contribution >= 4 is 11.6 Å². The maximum absolute atomic E-state index is 11.6. The van der Waals surface area contributed by atoms with Crippen molar-refractivity contribution < 1.29 is 14.3 Å². The van der Waals surface area contributed by atoms with Gasteiger partial charge >= 0.3 is 0 Å². The Morgan fingerprint density at radius 2 is 1.88 bits per heavy atom. The molecule has 0 amide bonds. The fraction of sp³-hybridized carbons (Fsp3) is 0.143. The highest BCUT2D eigenvalue weighted by molar-refractivity contribution is 6.08. The lowest BCUT2D eigenvalue weighted by Gasteiger charge is -1.96. The zero-order valence-corrected chi connectivity index (χ0v) is 9.46. The van der Waals surface area contributed by atoms with Crippen molar-refractivity contribution in [2.45, 2.75) is 0 Å². The number of hydrogen-bond donors (Lipinski definition) is 0. The summed E-state index contributed by atoms with van der Waals surface area (Å²) < 4.78 is 4.95. The van der Waals surface area contributed by atoms with Crippen LogP contribution in [0.4, 0.5) is 0 Å². The molecule has 0 bridgehead atoms. The van der Waals surface area contributed by atoms with Crippen molar-refractivity contribution in [2.75, 3.05) is 13.2 Å². The monoisotopic (exact) mass is 230 g/mol. The van der Waals surface area contributed by atoms with Crippen LogP contribution in [0.2, 0.25) is 0 Å². The second-order valence-electron chi connectivity index (χ2n) is 3.33. The third kappa shape index (κ3) is 5.04. The van der Waals surface area contributed by atoms with Crippen molar-refractivity contribution in [1.82, 2.24) is 0 Å². The first-order chi connectivity index (χ1) is 8.24. The molecule has 0 saturated heterocycles. The number of carbonyl (C=O) groups is 2.